The minimum atomic E-state index is -0.352. The second-order valence-electron chi connectivity index (χ2n) is 4.04. The number of anilines is 1. The third-order valence-corrected chi connectivity index (χ3v) is 3.02. The van der Waals surface area contributed by atoms with Gasteiger partial charge in [-0.25, -0.2) is 0 Å². The van der Waals surface area contributed by atoms with Crippen LogP contribution in [0.5, 0.6) is 0 Å². The highest BCUT2D eigenvalue weighted by atomic mass is 35.5. The monoisotopic (exact) mass is 293 g/mol. The number of aryl methyl sites for hydroxylation is 1. The lowest BCUT2D eigenvalue weighted by molar-refractivity contribution is 0.102. The number of halogens is 1. The fourth-order valence-corrected chi connectivity index (χ4v) is 1.77. The number of nitrogens with one attached hydrogen (secondary N) is 2. The molecule has 0 saturated heterocycles. The number of hydrogen-bond acceptors (Lipinski definition) is 4. The van der Waals surface area contributed by atoms with Crippen molar-refractivity contribution in [2.75, 3.05) is 5.32 Å². The van der Waals surface area contributed by atoms with Gasteiger partial charge in [0.2, 0.25) is 0 Å². The Labute approximate surface area is 119 Å². The molecule has 1 aromatic heterocycles. The molecule has 0 radical (unpaired) electrons. The molecule has 2 rings (SSSR count). The number of hydrogen-bond donors (Lipinski definition) is 4. The molecule has 0 spiro atoms. The van der Waals surface area contributed by atoms with Crippen LogP contribution in [0.2, 0.25) is 5.02 Å². The Morgan fingerprint density at radius 3 is 2.90 bits per heavy atom. The molecule has 20 heavy (non-hydrogen) atoms. The summed E-state index contributed by atoms with van der Waals surface area (Å²) in [4.78, 5) is 12.1. The summed E-state index contributed by atoms with van der Waals surface area (Å²) in [5, 5.41) is 21.0. The van der Waals surface area contributed by atoms with Crippen molar-refractivity contribution in [3.05, 3.63) is 46.2 Å². The molecule has 0 fully saturated rings. The molecular weight excluding hydrogens is 282 g/mol. The van der Waals surface area contributed by atoms with Gasteiger partial charge in [-0.1, -0.05) is 16.8 Å². The van der Waals surface area contributed by atoms with Gasteiger partial charge in [-0.15, -0.1) is 0 Å². The van der Waals surface area contributed by atoms with Crippen LogP contribution >= 0.6 is 11.6 Å². The lowest BCUT2D eigenvalue weighted by atomic mass is 10.1. The number of carbonyl (C=O) groups is 1. The first-order chi connectivity index (χ1) is 9.52. The van der Waals surface area contributed by atoms with Crippen molar-refractivity contribution in [1.29, 1.82) is 0 Å². The van der Waals surface area contributed by atoms with E-state index in [4.69, 9.17) is 22.5 Å². The first kappa shape index (κ1) is 13.9. The Morgan fingerprint density at radius 2 is 2.30 bits per heavy atom. The lowest BCUT2D eigenvalue weighted by Gasteiger charge is -2.08. The molecule has 0 unspecified atom stereocenters. The Kier molecular flexibility index (Phi) is 3.90. The van der Waals surface area contributed by atoms with E-state index in [0.717, 1.165) is 0 Å². The van der Waals surface area contributed by atoms with Crippen LogP contribution < -0.4 is 11.1 Å². The third-order valence-electron chi connectivity index (χ3n) is 2.69. The number of H-pyrrole nitrogens is 1. The van der Waals surface area contributed by atoms with Crippen molar-refractivity contribution in [2.45, 2.75) is 6.92 Å². The van der Waals surface area contributed by atoms with Gasteiger partial charge < -0.3 is 16.3 Å². The van der Waals surface area contributed by atoms with E-state index in [1.165, 1.54) is 12.3 Å². The number of amides is 1. The SMILES string of the molecule is Cc1[nH]ncc1C(=O)Nc1cc(/C(N)=N/O)ccc1Cl. The first-order valence-electron chi connectivity index (χ1n) is 5.61. The first-order valence-corrected chi connectivity index (χ1v) is 5.99. The van der Waals surface area contributed by atoms with E-state index in [1.54, 1.807) is 19.1 Å². The van der Waals surface area contributed by atoms with Gasteiger partial charge in [-0.05, 0) is 25.1 Å². The molecular formula is C12H12ClN5O2. The second-order valence-corrected chi connectivity index (χ2v) is 4.45. The number of carbonyl (C=O) groups excluding carboxylic acids is 1. The Balaban J connectivity index is 2.29. The zero-order valence-corrected chi connectivity index (χ0v) is 11.3. The number of aromatic nitrogens is 2. The quantitative estimate of drug-likeness (QED) is 0.298. The summed E-state index contributed by atoms with van der Waals surface area (Å²) in [6.07, 6.45) is 1.42. The number of nitrogens with two attached hydrogens (primary N) is 1. The van der Waals surface area contributed by atoms with E-state index in [1.807, 2.05) is 0 Å². The van der Waals surface area contributed by atoms with Crippen molar-refractivity contribution in [3.8, 4) is 0 Å². The average Bonchev–Trinajstić information content (AvgIpc) is 2.86. The smallest absolute Gasteiger partial charge is 0.259 e. The van der Waals surface area contributed by atoms with Gasteiger partial charge in [-0.2, -0.15) is 5.10 Å². The highest BCUT2D eigenvalue weighted by Crippen LogP contribution is 2.23. The molecule has 0 aliphatic carbocycles. The van der Waals surface area contributed by atoms with Crippen LogP contribution in [0.4, 0.5) is 5.69 Å². The van der Waals surface area contributed by atoms with Gasteiger partial charge in [0.15, 0.2) is 5.84 Å². The van der Waals surface area contributed by atoms with Crippen LogP contribution in [0.3, 0.4) is 0 Å². The molecule has 1 heterocycles. The topological polar surface area (TPSA) is 116 Å². The van der Waals surface area contributed by atoms with E-state index >= 15 is 0 Å². The molecule has 104 valence electrons. The number of benzene rings is 1. The predicted octanol–water partition coefficient (Wildman–Crippen LogP) is 1.72. The molecule has 2 aromatic rings. The summed E-state index contributed by atoms with van der Waals surface area (Å²) >= 11 is 6.01. The minimum Gasteiger partial charge on any atom is -0.409 e. The second kappa shape index (κ2) is 5.62. The zero-order valence-electron chi connectivity index (χ0n) is 10.5. The fourth-order valence-electron chi connectivity index (χ4n) is 1.61. The van der Waals surface area contributed by atoms with Crippen LogP contribution in [-0.4, -0.2) is 27.1 Å². The summed E-state index contributed by atoms with van der Waals surface area (Å²) in [6, 6.07) is 4.65. The van der Waals surface area contributed by atoms with Crippen molar-refractivity contribution in [3.63, 3.8) is 0 Å². The predicted molar refractivity (Wildman–Crippen MR) is 75.2 cm³/mol. The fraction of sp³-hybridized carbons (Fsp3) is 0.0833. The molecule has 1 aromatic carbocycles. The van der Waals surface area contributed by atoms with Crippen LogP contribution in [0.25, 0.3) is 0 Å². The van der Waals surface area contributed by atoms with Crippen molar-refractivity contribution < 1.29 is 10.0 Å². The summed E-state index contributed by atoms with van der Waals surface area (Å²) in [6.45, 7) is 1.73. The summed E-state index contributed by atoms with van der Waals surface area (Å²) in [7, 11) is 0. The maximum Gasteiger partial charge on any atom is 0.259 e. The van der Waals surface area contributed by atoms with Crippen molar-refractivity contribution in [1.82, 2.24) is 10.2 Å². The molecule has 0 aliphatic rings. The maximum atomic E-state index is 12.1. The van der Waals surface area contributed by atoms with Crippen molar-refractivity contribution >= 4 is 29.0 Å². The number of nitrogens with zero attached hydrogens (tertiary/aromatic N) is 2. The van der Waals surface area contributed by atoms with Crippen LogP contribution in [0.1, 0.15) is 21.6 Å². The highest BCUT2D eigenvalue weighted by molar-refractivity contribution is 6.34. The zero-order chi connectivity index (χ0) is 14.7. The standard InChI is InChI=1S/C12H12ClN5O2/c1-6-8(5-15-17-6)12(19)16-10-4-7(11(14)18-20)2-3-9(10)13/h2-5,20H,1H3,(H2,14,18)(H,15,17)(H,16,19). The molecule has 0 bridgehead atoms. The third kappa shape index (κ3) is 2.72. The molecule has 8 heteroatoms. The Bertz CT molecular complexity index is 680. The Hall–Kier alpha value is -2.54. The number of oxime groups is 1. The van der Waals surface area contributed by atoms with Crippen molar-refractivity contribution in [2.24, 2.45) is 10.9 Å². The molecule has 7 nitrogen and oxygen atoms in total. The van der Waals surface area contributed by atoms with Gasteiger partial charge in [-0.3, -0.25) is 9.89 Å². The van der Waals surface area contributed by atoms with E-state index in [2.05, 4.69) is 20.7 Å². The number of rotatable bonds is 3. The van der Waals surface area contributed by atoms with E-state index in [-0.39, 0.29) is 11.7 Å². The van der Waals surface area contributed by atoms with E-state index in [9.17, 15) is 4.79 Å². The van der Waals surface area contributed by atoms with Gasteiger partial charge in [0.1, 0.15) is 0 Å². The van der Waals surface area contributed by atoms with Gasteiger partial charge in [0.25, 0.3) is 5.91 Å². The molecule has 0 saturated carbocycles. The van der Waals surface area contributed by atoms with E-state index < -0.39 is 0 Å². The summed E-state index contributed by atoms with van der Waals surface area (Å²) < 4.78 is 0. The Morgan fingerprint density at radius 1 is 1.55 bits per heavy atom. The highest BCUT2D eigenvalue weighted by Gasteiger charge is 2.13. The molecule has 0 atom stereocenters. The van der Waals surface area contributed by atoms with Crippen LogP contribution in [0.15, 0.2) is 29.6 Å². The largest absolute Gasteiger partial charge is 0.409 e. The molecule has 5 N–H and O–H groups in total. The minimum absolute atomic E-state index is 0.0725. The van der Waals surface area contributed by atoms with Gasteiger partial charge in [0.05, 0.1) is 22.5 Å². The normalized spacial score (nSPS) is 11.4. The van der Waals surface area contributed by atoms with Gasteiger partial charge >= 0.3 is 0 Å². The lowest BCUT2D eigenvalue weighted by Crippen LogP contribution is -2.16. The number of aromatic amines is 1. The van der Waals surface area contributed by atoms with Crippen LogP contribution in [-0.2, 0) is 0 Å². The van der Waals surface area contributed by atoms with Gasteiger partial charge in [0, 0.05) is 11.3 Å². The summed E-state index contributed by atoms with van der Waals surface area (Å²) in [5.74, 6) is -0.425. The maximum absolute atomic E-state index is 12.1. The molecule has 1 amide bonds. The average molecular weight is 294 g/mol. The van der Waals surface area contributed by atoms with Crippen LogP contribution in [0, 0.1) is 6.92 Å². The number of amidine groups is 1. The molecule has 0 aliphatic heterocycles. The summed E-state index contributed by atoms with van der Waals surface area (Å²) in [5.41, 5.74) is 7.35. The van der Waals surface area contributed by atoms with E-state index in [0.29, 0.717) is 27.5 Å².